The number of carbonyl (C=O) groups is 2. The molecule has 1 heterocycles. The molecule has 2 fully saturated rings. The highest BCUT2D eigenvalue weighted by atomic mass is 16.2. The molecule has 2 aliphatic rings. The van der Waals surface area contributed by atoms with E-state index in [1.807, 2.05) is 13.8 Å². The molecule has 0 bridgehead atoms. The Balaban J connectivity index is 1.92. The van der Waals surface area contributed by atoms with Crippen molar-refractivity contribution in [3.8, 4) is 0 Å². The first kappa shape index (κ1) is 11.4. The molecular weight excluding hydrogens is 206 g/mol. The number of hydrogen-bond donors (Lipinski definition) is 2. The van der Waals surface area contributed by atoms with Crippen LogP contribution in [0.2, 0.25) is 0 Å². The maximum absolute atomic E-state index is 11.9. The summed E-state index contributed by atoms with van der Waals surface area (Å²) in [5.41, 5.74) is 5.08. The number of carbonyl (C=O) groups excluding carboxylic acids is 2. The summed E-state index contributed by atoms with van der Waals surface area (Å²) in [5, 5.41) is 2.76. The van der Waals surface area contributed by atoms with Gasteiger partial charge < -0.3 is 16.0 Å². The van der Waals surface area contributed by atoms with Gasteiger partial charge in [0.05, 0.1) is 5.54 Å². The molecule has 2 rings (SSSR count). The summed E-state index contributed by atoms with van der Waals surface area (Å²) in [4.78, 5) is 25.4. The average molecular weight is 225 g/mol. The quantitative estimate of drug-likeness (QED) is 0.686. The standard InChI is InChI=1S/C11H19N3O2/c1-7(2)14-6-3-8(9(14)15)13-10(16)11(12)4-5-11/h7-8H,3-6,12H2,1-2H3,(H,13,16). The number of amides is 2. The van der Waals surface area contributed by atoms with Crippen molar-refractivity contribution >= 4 is 11.8 Å². The van der Waals surface area contributed by atoms with Gasteiger partial charge in [-0.25, -0.2) is 0 Å². The zero-order chi connectivity index (χ0) is 11.9. The highest BCUT2D eigenvalue weighted by molar-refractivity contribution is 5.94. The minimum absolute atomic E-state index is 0.0209. The molecule has 1 aliphatic heterocycles. The van der Waals surface area contributed by atoms with Crippen LogP contribution in [0.25, 0.3) is 0 Å². The molecule has 5 heteroatoms. The molecular formula is C11H19N3O2. The van der Waals surface area contributed by atoms with Crippen molar-refractivity contribution < 1.29 is 9.59 Å². The molecule has 3 N–H and O–H groups in total. The number of nitrogens with zero attached hydrogens (tertiary/aromatic N) is 1. The van der Waals surface area contributed by atoms with Crippen LogP contribution in [0, 0.1) is 0 Å². The molecule has 0 radical (unpaired) electrons. The maximum Gasteiger partial charge on any atom is 0.245 e. The predicted molar refractivity (Wildman–Crippen MR) is 59.5 cm³/mol. The summed E-state index contributed by atoms with van der Waals surface area (Å²) in [5.74, 6) is -0.149. The van der Waals surface area contributed by atoms with Crippen LogP contribution >= 0.6 is 0 Å². The van der Waals surface area contributed by atoms with Crippen LogP contribution in [0.5, 0.6) is 0 Å². The van der Waals surface area contributed by atoms with E-state index in [4.69, 9.17) is 5.73 Å². The van der Waals surface area contributed by atoms with E-state index in [1.54, 1.807) is 4.90 Å². The molecule has 2 amide bonds. The van der Waals surface area contributed by atoms with E-state index in [-0.39, 0.29) is 23.9 Å². The predicted octanol–water partition coefficient (Wildman–Crippen LogP) is -0.397. The summed E-state index contributed by atoms with van der Waals surface area (Å²) in [6.07, 6.45) is 2.15. The largest absolute Gasteiger partial charge is 0.343 e. The third-order valence-electron chi connectivity index (χ3n) is 3.41. The van der Waals surface area contributed by atoms with Gasteiger partial charge in [0.15, 0.2) is 0 Å². The molecule has 0 spiro atoms. The molecule has 1 unspecified atom stereocenters. The topological polar surface area (TPSA) is 75.4 Å². The lowest BCUT2D eigenvalue weighted by Crippen LogP contribution is -2.50. The highest BCUT2D eigenvalue weighted by Gasteiger charge is 2.47. The van der Waals surface area contributed by atoms with E-state index in [1.165, 1.54) is 0 Å². The number of nitrogens with two attached hydrogens (primary N) is 1. The molecule has 5 nitrogen and oxygen atoms in total. The number of nitrogens with one attached hydrogen (secondary N) is 1. The number of hydrogen-bond acceptors (Lipinski definition) is 3. The van der Waals surface area contributed by atoms with Crippen molar-refractivity contribution in [3.05, 3.63) is 0 Å². The van der Waals surface area contributed by atoms with Crippen molar-refractivity contribution in [1.82, 2.24) is 10.2 Å². The van der Waals surface area contributed by atoms with Gasteiger partial charge in [-0.1, -0.05) is 0 Å². The van der Waals surface area contributed by atoms with E-state index in [2.05, 4.69) is 5.32 Å². The summed E-state index contributed by atoms with van der Waals surface area (Å²) in [6, 6.07) is -0.168. The fraction of sp³-hybridized carbons (Fsp3) is 0.818. The van der Waals surface area contributed by atoms with E-state index < -0.39 is 5.54 Å². The van der Waals surface area contributed by atoms with E-state index >= 15 is 0 Å². The lowest BCUT2D eigenvalue weighted by atomic mass is 10.2. The molecule has 0 aromatic rings. The molecule has 0 aromatic carbocycles. The summed E-state index contributed by atoms with van der Waals surface area (Å²) < 4.78 is 0. The van der Waals surface area contributed by atoms with Gasteiger partial charge in [-0.3, -0.25) is 9.59 Å². The Morgan fingerprint density at radius 1 is 1.56 bits per heavy atom. The zero-order valence-corrected chi connectivity index (χ0v) is 9.82. The van der Waals surface area contributed by atoms with Crippen LogP contribution in [0.15, 0.2) is 0 Å². The summed E-state index contributed by atoms with van der Waals surface area (Å²) >= 11 is 0. The van der Waals surface area contributed by atoms with E-state index in [0.29, 0.717) is 6.42 Å². The summed E-state index contributed by atoms with van der Waals surface area (Å²) in [6.45, 7) is 4.68. The van der Waals surface area contributed by atoms with Gasteiger partial charge in [0, 0.05) is 12.6 Å². The Bertz CT molecular complexity index is 323. The van der Waals surface area contributed by atoms with E-state index in [9.17, 15) is 9.59 Å². The van der Waals surface area contributed by atoms with Crippen LogP contribution in [-0.2, 0) is 9.59 Å². The van der Waals surface area contributed by atoms with Gasteiger partial charge >= 0.3 is 0 Å². The van der Waals surface area contributed by atoms with Crippen LogP contribution in [0.1, 0.15) is 33.1 Å². The van der Waals surface area contributed by atoms with Crippen LogP contribution < -0.4 is 11.1 Å². The third kappa shape index (κ3) is 1.91. The Hall–Kier alpha value is -1.10. The third-order valence-corrected chi connectivity index (χ3v) is 3.41. The highest BCUT2D eigenvalue weighted by Crippen LogP contribution is 2.32. The maximum atomic E-state index is 11.9. The minimum atomic E-state index is -0.689. The fourth-order valence-corrected chi connectivity index (χ4v) is 2.01. The van der Waals surface area contributed by atoms with Gasteiger partial charge in [0.2, 0.25) is 11.8 Å². The molecule has 1 aliphatic carbocycles. The number of likely N-dealkylation sites (tertiary alicyclic amines) is 1. The van der Waals surface area contributed by atoms with Crippen LogP contribution in [-0.4, -0.2) is 40.9 Å². The summed E-state index contributed by atoms with van der Waals surface area (Å²) in [7, 11) is 0. The Labute approximate surface area is 95.3 Å². The molecule has 90 valence electrons. The molecule has 1 saturated carbocycles. The molecule has 0 aromatic heterocycles. The lowest BCUT2D eigenvalue weighted by Gasteiger charge is -2.21. The molecule has 1 atom stereocenters. The Kier molecular flexibility index (Phi) is 2.66. The van der Waals surface area contributed by atoms with Crippen molar-refractivity contribution in [2.45, 2.75) is 50.7 Å². The van der Waals surface area contributed by atoms with E-state index in [0.717, 1.165) is 19.4 Å². The molecule has 1 saturated heterocycles. The Morgan fingerprint density at radius 3 is 2.62 bits per heavy atom. The first-order valence-corrected chi connectivity index (χ1v) is 5.84. The molecule has 16 heavy (non-hydrogen) atoms. The zero-order valence-electron chi connectivity index (χ0n) is 9.82. The van der Waals surface area contributed by atoms with Crippen molar-refractivity contribution in [1.29, 1.82) is 0 Å². The lowest BCUT2D eigenvalue weighted by molar-refractivity contribution is -0.134. The van der Waals surface area contributed by atoms with Gasteiger partial charge in [-0.05, 0) is 33.1 Å². The minimum Gasteiger partial charge on any atom is -0.343 e. The SMILES string of the molecule is CC(C)N1CCC(NC(=O)C2(N)CC2)C1=O. The first-order valence-electron chi connectivity index (χ1n) is 5.84. The Morgan fingerprint density at radius 2 is 2.19 bits per heavy atom. The number of rotatable bonds is 3. The fourth-order valence-electron chi connectivity index (χ4n) is 2.01. The van der Waals surface area contributed by atoms with Crippen molar-refractivity contribution in [2.24, 2.45) is 5.73 Å². The smallest absolute Gasteiger partial charge is 0.245 e. The van der Waals surface area contributed by atoms with Gasteiger partial charge in [0.1, 0.15) is 6.04 Å². The normalized spacial score (nSPS) is 27.4. The van der Waals surface area contributed by atoms with Crippen molar-refractivity contribution in [3.63, 3.8) is 0 Å². The van der Waals surface area contributed by atoms with Gasteiger partial charge in [-0.15, -0.1) is 0 Å². The second-order valence-corrected chi connectivity index (χ2v) is 5.10. The van der Waals surface area contributed by atoms with Crippen molar-refractivity contribution in [2.75, 3.05) is 6.54 Å². The van der Waals surface area contributed by atoms with Crippen LogP contribution in [0.3, 0.4) is 0 Å². The second kappa shape index (κ2) is 3.73. The van der Waals surface area contributed by atoms with Crippen LogP contribution in [0.4, 0.5) is 0 Å². The monoisotopic (exact) mass is 225 g/mol. The van der Waals surface area contributed by atoms with Gasteiger partial charge in [-0.2, -0.15) is 0 Å². The first-order chi connectivity index (χ1) is 7.44. The second-order valence-electron chi connectivity index (χ2n) is 5.10. The average Bonchev–Trinajstić information content (AvgIpc) is 2.85. The van der Waals surface area contributed by atoms with Gasteiger partial charge in [0.25, 0.3) is 0 Å².